The minimum atomic E-state index is -0.195. The van der Waals surface area contributed by atoms with Crippen molar-refractivity contribution in [1.82, 2.24) is 20.8 Å². The smallest absolute Gasteiger partial charge is 0.225 e. The third-order valence-corrected chi connectivity index (χ3v) is 4.50. The van der Waals surface area contributed by atoms with Crippen LogP contribution in [-0.4, -0.2) is 40.0 Å². The minimum Gasteiger partial charge on any atom is -0.511 e. The first kappa shape index (κ1) is 20.6. The van der Waals surface area contributed by atoms with Gasteiger partial charge in [0.1, 0.15) is 11.6 Å². The Bertz CT molecular complexity index is 659. The van der Waals surface area contributed by atoms with Gasteiger partial charge >= 0.3 is 0 Å². The van der Waals surface area contributed by atoms with E-state index in [0.717, 1.165) is 12.5 Å². The van der Waals surface area contributed by atoms with Crippen LogP contribution in [0.4, 0.5) is 11.8 Å². The summed E-state index contributed by atoms with van der Waals surface area (Å²) in [5.74, 6) is 2.78. The molecule has 0 radical (unpaired) electrons. The number of aromatic nitrogens is 2. The molecule has 0 aliphatic heterocycles. The molecule has 6 N–H and O–H groups in total. The molecule has 0 spiro atoms. The van der Waals surface area contributed by atoms with E-state index in [0.29, 0.717) is 22.1 Å². The van der Waals surface area contributed by atoms with Crippen LogP contribution in [0, 0.1) is 11.8 Å². The van der Waals surface area contributed by atoms with Crippen molar-refractivity contribution >= 4 is 33.5 Å². The fourth-order valence-corrected chi connectivity index (χ4v) is 2.28. The first-order valence-corrected chi connectivity index (χ1v) is 9.60. The van der Waals surface area contributed by atoms with Crippen molar-refractivity contribution in [1.29, 1.82) is 0 Å². The number of aliphatic hydroxyl groups is 1. The van der Waals surface area contributed by atoms with Gasteiger partial charge in [-0.1, -0.05) is 13.8 Å². The molecular formula is C17H28BrN7O. The van der Waals surface area contributed by atoms with Crippen LogP contribution in [0.1, 0.15) is 33.6 Å². The Morgan fingerprint density at radius 2 is 2.23 bits per heavy atom. The van der Waals surface area contributed by atoms with E-state index >= 15 is 0 Å². The van der Waals surface area contributed by atoms with Gasteiger partial charge in [0.2, 0.25) is 5.95 Å². The summed E-state index contributed by atoms with van der Waals surface area (Å²) in [7, 11) is 0. The highest BCUT2D eigenvalue weighted by Crippen LogP contribution is 2.27. The Balaban J connectivity index is 1.92. The number of nitrogens with one attached hydrogen (secondary N) is 3. The molecule has 9 heteroatoms. The van der Waals surface area contributed by atoms with Crippen molar-refractivity contribution in [2.75, 3.05) is 18.4 Å². The molecule has 1 saturated carbocycles. The van der Waals surface area contributed by atoms with E-state index in [1.165, 1.54) is 12.8 Å². The second kappa shape index (κ2) is 9.84. The molecule has 1 aliphatic rings. The van der Waals surface area contributed by atoms with Gasteiger partial charge in [-0.25, -0.2) is 15.4 Å². The molecule has 1 aliphatic carbocycles. The summed E-state index contributed by atoms with van der Waals surface area (Å²) in [5, 5.41) is 12.9. The van der Waals surface area contributed by atoms with E-state index < -0.39 is 0 Å². The molecule has 2 rings (SSSR count). The molecule has 144 valence electrons. The predicted octanol–water partition coefficient (Wildman–Crippen LogP) is 2.63. The normalized spacial score (nSPS) is 16.7. The number of anilines is 1. The van der Waals surface area contributed by atoms with E-state index in [9.17, 15) is 5.11 Å². The summed E-state index contributed by atoms with van der Waals surface area (Å²) in [6.45, 7) is 7.00. The van der Waals surface area contributed by atoms with Crippen LogP contribution in [-0.2, 0) is 0 Å². The maximum absolute atomic E-state index is 9.95. The van der Waals surface area contributed by atoms with Crippen LogP contribution in [0.3, 0.4) is 0 Å². The Morgan fingerprint density at radius 3 is 2.88 bits per heavy atom. The van der Waals surface area contributed by atoms with Crippen molar-refractivity contribution in [3.05, 3.63) is 22.5 Å². The third-order valence-electron chi connectivity index (χ3n) is 3.94. The number of amidine groups is 1. The second-order valence-corrected chi connectivity index (χ2v) is 7.70. The molecule has 1 unspecified atom stereocenters. The molecule has 26 heavy (non-hydrogen) atoms. The van der Waals surface area contributed by atoms with E-state index in [-0.39, 0.29) is 24.3 Å². The molecule has 1 aromatic heterocycles. The highest BCUT2D eigenvalue weighted by Gasteiger charge is 2.20. The van der Waals surface area contributed by atoms with Crippen LogP contribution in [0.5, 0.6) is 0 Å². The van der Waals surface area contributed by atoms with E-state index in [2.05, 4.69) is 47.1 Å². The average molecular weight is 426 g/mol. The molecule has 1 fully saturated rings. The number of hydrazine groups is 1. The van der Waals surface area contributed by atoms with Gasteiger partial charge in [-0.15, -0.1) is 0 Å². The monoisotopic (exact) mass is 425 g/mol. The molecule has 8 nitrogen and oxygen atoms in total. The minimum absolute atomic E-state index is 0.157. The van der Waals surface area contributed by atoms with Crippen molar-refractivity contribution in [3.63, 3.8) is 0 Å². The zero-order valence-electron chi connectivity index (χ0n) is 15.5. The van der Waals surface area contributed by atoms with E-state index in [1.807, 2.05) is 20.8 Å². The zero-order valence-corrected chi connectivity index (χ0v) is 17.0. The topological polar surface area (TPSA) is 120 Å². The Hall–Kier alpha value is -1.71. The molecule has 1 atom stereocenters. The number of aliphatic imine (C=N–C) groups is 1. The molecule has 0 aromatic carbocycles. The van der Waals surface area contributed by atoms with Crippen LogP contribution in [0.2, 0.25) is 0 Å². The van der Waals surface area contributed by atoms with Gasteiger partial charge in [0.05, 0.1) is 11.0 Å². The van der Waals surface area contributed by atoms with Crippen molar-refractivity contribution < 1.29 is 5.11 Å². The SMILES string of the molecule is CC(=Nc1nc(NC/C(O)=C/C(N)C(C)C)ncc1Br)NNCC1CC1. The Morgan fingerprint density at radius 1 is 1.50 bits per heavy atom. The van der Waals surface area contributed by atoms with E-state index in [4.69, 9.17) is 5.73 Å². The Kier molecular flexibility index (Phi) is 7.80. The molecule has 0 bridgehead atoms. The largest absolute Gasteiger partial charge is 0.511 e. The Labute approximate surface area is 162 Å². The van der Waals surface area contributed by atoms with Crippen LogP contribution < -0.4 is 21.9 Å². The van der Waals surface area contributed by atoms with Crippen LogP contribution in [0.25, 0.3) is 0 Å². The predicted molar refractivity (Wildman–Crippen MR) is 108 cm³/mol. The number of rotatable bonds is 9. The number of halogens is 1. The molecule has 0 saturated heterocycles. The van der Waals surface area contributed by atoms with Crippen molar-refractivity contribution in [3.8, 4) is 0 Å². The summed E-state index contributed by atoms with van der Waals surface area (Å²) in [4.78, 5) is 13.0. The first-order chi connectivity index (χ1) is 12.3. The summed E-state index contributed by atoms with van der Waals surface area (Å²) in [6, 6.07) is -0.195. The summed E-state index contributed by atoms with van der Waals surface area (Å²) < 4.78 is 0.688. The highest BCUT2D eigenvalue weighted by molar-refractivity contribution is 9.10. The maximum atomic E-state index is 9.95. The summed E-state index contributed by atoms with van der Waals surface area (Å²) in [6.07, 6.45) is 5.84. The van der Waals surface area contributed by atoms with Gasteiger partial charge in [-0.05, 0) is 53.6 Å². The molecule has 1 aromatic rings. The molecular weight excluding hydrogens is 398 g/mol. The lowest BCUT2D eigenvalue weighted by Crippen LogP contribution is -2.37. The standard InChI is InChI=1S/C17H28BrN7O/c1-10(2)15(19)6-13(26)8-20-17-21-9-14(18)16(24-17)23-11(3)25-22-7-12-4-5-12/h6,9-10,12,15,22,26H,4-5,7-8,19H2,1-3H3,(H2,20,21,23,24,25)/b13-6-. The van der Waals surface area contributed by atoms with Gasteiger partial charge < -0.3 is 21.6 Å². The average Bonchev–Trinajstić information content (AvgIpc) is 3.39. The van der Waals surface area contributed by atoms with Gasteiger partial charge in [0, 0.05) is 18.8 Å². The number of hydrogen-bond acceptors (Lipinski definition) is 7. The molecule has 0 amide bonds. The van der Waals surface area contributed by atoms with Crippen LogP contribution in [0.15, 0.2) is 27.5 Å². The fourth-order valence-electron chi connectivity index (χ4n) is 2.00. The lowest BCUT2D eigenvalue weighted by Gasteiger charge is -2.12. The number of hydrogen-bond donors (Lipinski definition) is 5. The van der Waals surface area contributed by atoms with Crippen LogP contribution >= 0.6 is 15.9 Å². The quantitative estimate of drug-likeness (QED) is 0.178. The second-order valence-electron chi connectivity index (χ2n) is 6.84. The summed E-state index contributed by atoms with van der Waals surface area (Å²) in [5.41, 5.74) is 12.1. The van der Waals surface area contributed by atoms with Crippen molar-refractivity contribution in [2.45, 2.75) is 39.7 Å². The van der Waals surface area contributed by atoms with Gasteiger partial charge in [0.15, 0.2) is 5.82 Å². The summed E-state index contributed by atoms with van der Waals surface area (Å²) >= 11 is 3.40. The number of aliphatic hydroxyl groups excluding tert-OH is 1. The van der Waals surface area contributed by atoms with Crippen molar-refractivity contribution in [2.24, 2.45) is 22.6 Å². The van der Waals surface area contributed by atoms with E-state index in [1.54, 1.807) is 12.3 Å². The first-order valence-electron chi connectivity index (χ1n) is 8.81. The number of nitrogens with zero attached hydrogens (tertiary/aromatic N) is 3. The van der Waals surface area contributed by atoms with Gasteiger partial charge in [-0.3, -0.25) is 0 Å². The maximum Gasteiger partial charge on any atom is 0.225 e. The highest BCUT2D eigenvalue weighted by atomic mass is 79.9. The van der Waals surface area contributed by atoms with Gasteiger partial charge in [0.25, 0.3) is 0 Å². The lowest BCUT2D eigenvalue weighted by molar-refractivity contribution is 0.397. The number of nitrogens with two attached hydrogens (primary N) is 1. The van der Waals surface area contributed by atoms with Gasteiger partial charge in [-0.2, -0.15) is 4.98 Å². The zero-order chi connectivity index (χ0) is 19.1. The fraction of sp³-hybridized carbons (Fsp3) is 0.588. The third kappa shape index (κ3) is 7.27. The lowest BCUT2D eigenvalue weighted by atomic mass is 10.1. The molecule has 1 heterocycles.